The van der Waals surface area contributed by atoms with Crippen LogP contribution >= 0.6 is 0 Å². The zero-order valence-corrected chi connectivity index (χ0v) is 13.9. The maximum atomic E-state index is 13.0. The van der Waals surface area contributed by atoms with E-state index in [0.717, 1.165) is 10.5 Å². The number of benzene rings is 1. The van der Waals surface area contributed by atoms with Crippen molar-refractivity contribution in [1.82, 2.24) is 15.5 Å². The van der Waals surface area contributed by atoms with Gasteiger partial charge in [0.25, 0.3) is 5.91 Å². The first kappa shape index (κ1) is 17.9. The molecule has 1 heterocycles. The summed E-state index contributed by atoms with van der Waals surface area (Å²) in [5, 5.41) is 5.34. The zero-order chi connectivity index (χ0) is 17.7. The number of halogens is 1. The second-order valence-electron chi connectivity index (χ2n) is 6.35. The Morgan fingerprint density at radius 2 is 2.08 bits per heavy atom. The number of carbonyl (C=O) groups is 3. The number of hydrogen-bond acceptors (Lipinski definition) is 3. The number of carbonyl (C=O) groups excluding carboxylic acids is 3. The number of rotatable bonds is 7. The third-order valence-corrected chi connectivity index (χ3v) is 3.85. The van der Waals surface area contributed by atoms with Crippen molar-refractivity contribution in [3.8, 4) is 0 Å². The van der Waals surface area contributed by atoms with Crippen molar-refractivity contribution >= 4 is 17.8 Å². The van der Waals surface area contributed by atoms with Crippen LogP contribution in [0.1, 0.15) is 32.3 Å². The monoisotopic (exact) mass is 335 g/mol. The molecule has 1 aromatic rings. The van der Waals surface area contributed by atoms with Crippen LogP contribution in [0.25, 0.3) is 0 Å². The number of hydrogen-bond donors (Lipinski definition) is 2. The third kappa shape index (κ3) is 4.53. The Balaban J connectivity index is 1.67. The fourth-order valence-electron chi connectivity index (χ4n) is 2.55. The summed E-state index contributed by atoms with van der Waals surface area (Å²) in [7, 11) is 0. The molecular formula is C17H22FN3O3. The van der Waals surface area contributed by atoms with Crippen LogP contribution in [0.4, 0.5) is 9.18 Å². The highest BCUT2D eigenvalue weighted by atomic mass is 19.1. The molecule has 2 N–H and O–H groups in total. The van der Waals surface area contributed by atoms with E-state index < -0.39 is 11.6 Å². The number of amides is 4. The molecule has 1 fully saturated rings. The first-order valence-corrected chi connectivity index (χ1v) is 7.95. The van der Waals surface area contributed by atoms with Crippen LogP contribution in [-0.2, 0) is 16.0 Å². The Morgan fingerprint density at radius 1 is 1.33 bits per heavy atom. The molecule has 1 saturated heterocycles. The lowest BCUT2D eigenvalue weighted by Gasteiger charge is -2.15. The molecule has 6 nitrogen and oxygen atoms in total. The summed E-state index contributed by atoms with van der Waals surface area (Å²) < 4.78 is 13.0. The van der Waals surface area contributed by atoms with Gasteiger partial charge in [-0.05, 0) is 44.4 Å². The van der Waals surface area contributed by atoms with E-state index >= 15 is 0 Å². The van der Waals surface area contributed by atoms with Crippen LogP contribution in [0.5, 0.6) is 0 Å². The maximum absolute atomic E-state index is 13.0. The lowest BCUT2D eigenvalue weighted by atomic mass is 10.1. The highest BCUT2D eigenvalue weighted by Crippen LogP contribution is 2.16. The van der Waals surface area contributed by atoms with E-state index in [4.69, 9.17) is 0 Å². The molecule has 1 aliphatic heterocycles. The highest BCUT2D eigenvalue weighted by Gasteiger charge is 2.43. The smallest absolute Gasteiger partial charge is 0.325 e. The van der Waals surface area contributed by atoms with Gasteiger partial charge in [0.05, 0.1) is 0 Å². The molecule has 0 bridgehead atoms. The number of nitrogens with zero attached hydrogens (tertiary/aromatic N) is 1. The quantitative estimate of drug-likeness (QED) is 0.743. The van der Waals surface area contributed by atoms with Crippen molar-refractivity contribution in [1.29, 1.82) is 0 Å². The minimum absolute atomic E-state index is 0.155. The average molecular weight is 335 g/mol. The Labute approximate surface area is 140 Å². The summed E-state index contributed by atoms with van der Waals surface area (Å²) in [6, 6.07) is 5.82. The fraction of sp³-hybridized carbons (Fsp3) is 0.471. The first-order valence-electron chi connectivity index (χ1n) is 7.95. The van der Waals surface area contributed by atoms with Crippen LogP contribution in [0.15, 0.2) is 24.3 Å². The minimum Gasteiger partial charge on any atom is -0.356 e. The van der Waals surface area contributed by atoms with Crippen LogP contribution in [0.2, 0.25) is 0 Å². The van der Waals surface area contributed by atoms with Gasteiger partial charge in [-0.2, -0.15) is 0 Å². The Hall–Kier alpha value is -2.44. The second-order valence-corrected chi connectivity index (χ2v) is 6.35. The van der Waals surface area contributed by atoms with Crippen molar-refractivity contribution in [3.63, 3.8) is 0 Å². The van der Waals surface area contributed by atoms with Gasteiger partial charge in [-0.15, -0.1) is 0 Å². The van der Waals surface area contributed by atoms with Crippen molar-refractivity contribution in [3.05, 3.63) is 35.6 Å². The van der Waals surface area contributed by atoms with Crippen LogP contribution in [-0.4, -0.2) is 41.4 Å². The topological polar surface area (TPSA) is 78.5 Å². The standard InChI is InChI=1S/C17H22FN3O3/c1-17(2)15(23)21(16(24)20-17)10-4-7-14(22)19-9-8-12-5-3-6-13(18)11-12/h3,5-6,11H,4,7-10H2,1-2H3,(H,19,22)(H,20,24). The summed E-state index contributed by atoms with van der Waals surface area (Å²) in [5.41, 5.74) is -0.0681. The predicted molar refractivity (Wildman–Crippen MR) is 86.7 cm³/mol. The van der Waals surface area contributed by atoms with Gasteiger partial charge in [-0.1, -0.05) is 12.1 Å². The largest absolute Gasteiger partial charge is 0.356 e. The van der Waals surface area contributed by atoms with Gasteiger partial charge in [0.15, 0.2) is 0 Å². The normalized spacial score (nSPS) is 16.2. The van der Waals surface area contributed by atoms with Gasteiger partial charge in [0, 0.05) is 19.5 Å². The SMILES string of the molecule is CC1(C)NC(=O)N(CCCC(=O)NCCc2cccc(F)c2)C1=O. The molecule has 24 heavy (non-hydrogen) atoms. The van der Waals surface area contributed by atoms with Gasteiger partial charge in [-0.3, -0.25) is 14.5 Å². The predicted octanol–water partition coefficient (Wildman–Crippen LogP) is 1.59. The van der Waals surface area contributed by atoms with Gasteiger partial charge >= 0.3 is 6.03 Å². The van der Waals surface area contributed by atoms with E-state index in [1.807, 2.05) is 0 Å². The molecule has 0 radical (unpaired) electrons. The van der Waals surface area contributed by atoms with Gasteiger partial charge < -0.3 is 10.6 Å². The molecular weight excluding hydrogens is 313 g/mol. The summed E-state index contributed by atoms with van der Waals surface area (Å²) in [6.07, 6.45) is 1.17. The van der Waals surface area contributed by atoms with Gasteiger partial charge in [-0.25, -0.2) is 9.18 Å². The minimum atomic E-state index is -0.885. The molecule has 2 rings (SSSR count). The van der Waals surface area contributed by atoms with E-state index in [0.29, 0.717) is 19.4 Å². The number of nitrogens with one attached hydrogen (secondary N) is 2. The lowest BCUT2D eigenvalue weighted by Crippen LogP contribution is -2.40. The van der Waals surface area contributed by atoms with Crippen molar-refractivity contribution in [2.45, 2.75) is 38.6 Å². The van der Waals surface area contributed by atoms with E-state index in [2.05, 4.69) is 10.6 Å². The molecule has 0 aromatic heterocycles. The molecule has 1 aromatic carbocycles. The second kappa shape index (κ2) is 7.42. The van der Waals surface area contributed by atoms with Crippen molar-refractivity contribution < 1.29 is 18.8 Å². The highest BCUT2D eigenvalue weighted by molar-refractivity contribution is 6.06. The molecule has 0 atom stereocenters. The molecule has 130 valence electrons. The van der Waals surface area contributed by atoms with E-state index in [1.54, 1.807) is 26.0 Å². The molecule has 0 saturated carbocycles. The van der Waals surface area contributed by atoms with Crippen LogP contribution in [0.3, 0.4) is 0 Å². The lowest BCUT2D eigenvalue weighted by molar-refractivity contribution is -0.130. The first-order chi connectivity index (χ1) is 11.3. The van der Waals surface area contributed by atoms with E-state index in [-0.39, 0.29) is 30.6 Å². The zero-order valence-electron chi connectivity index (χ0n) is 13.9. The molecule has 0 unspecified atom stereocenters. The molecule has 4 amide bonds. The Kier molecular flexibility index (Phi) is 5.54. The number of urea groups is 1. The summed E-state index contributed by atoms with van der Waals surface area (Å²) in [6.45, 7) is 3.92. The summed E-state index contributed by atoms with van der Waals surface area (Å²) in [5.74, 6) is -0.730. The van der Waals surface area contributed by atoms with Crippen LogP contribution in [0, 0.1) is 5.82 Å². The van der Waals surface area contributed by atoms with E-state index in [1.165, 1.54) is 12.1 Å². The molecule has 0 aliphatic carbocycles. The summed E-state index contributed by atoms with van der Waals surface area (Å²) in [4.78, 5) is 36.6. The summed E-state index contributed by atoms with van der Waals surface area (Å²) >= 11 is 0. The molecule has 0 spiro atoms. The number of imide groups is 1. The van der Waals surface area contributed by atoms with Gasteiger partial charge in [0.1, 0.15) is 11.4 Å². The van der Waals surface area contributed by atoms with Gasteiger partial charge in [0.2, 0.25) is 5.91 Å². The molecule has 7 heteroatoms. The van der Waals surface area contributed by atoms with Crippen molar-refractivity contribution in [2.75, 3.05) is 13.1 Å². The fourth-order valence-corrected chi connectivity index (χ4v) is 2.55. The third-order valence-electron chi connectivity index (χ3n) is 3.85. The van der Waals surface area contributed by atoms with Crippen molar-refractivity contribution in [2.24, 2.45) is 0 Å². The van der Waals surface area contributed by atoms with E-state index in [9.17, 15) is 18.8 Å². The Bertz CT molecular complexity index is 646. The average Bonchev–Trinajstić information content (AvgIpc) is 2.69. The molecule has 1 aliphatic rings. The maximum Gasteiger partial charge on any atom is 0.325 e. The Morgan fingerprint density at radius 3 is 2.71 bits per heavy atom. The van der Waals surface area contributed by atoms with Crippen LogP contribution < -0.4 is 10.6 Å².